The van der Waals surface area contributed by atoms with Gasteiger partial charge in [-0.1, -0.05) is 53.4 Å². The molecule has 0 bridgehead atoms. The maximum Gasteiger partial charge on any atom is 0.234 e. The number of carbonyl (C=O) groups excluding carboxylic acids is 2. The highest BCUT2D eigenvalue weighted by molar-refractivity contribution is 8.00. The van der Waals surface area contributed by atoms with Crippen LogP contribution in [0.3, 0.4) is 0 Å². The third kappa shape index (κ3) is 2.91. The fourth-order valence-corrected chi connectivity index (χ4v) is 4.86. The summed E-state index contributed by atoms with van der Waals surface area (Å²) in [6.45, 7) is 0. The Kier molecular flexibility index (Phi) is 4.43. The lowest BCUT2D eigenvalue weighted by molar-refractivity contribution is -0.119. The van der Waals surface area contributed by atoms with Crippen molar-refractivity contribution in [1.29, 1.82) is 0 Å². The van der Waals surface area contributed by atoms with E-state index in [9.17, 15) is 9.59 Å². The van der Waals surface area contributed by atoms with Crippen LogP contribution in [0.25, 0.3) is 0 Å². The van der Waals surface area contributed by atoms with Gasteiger partial charge in [-0.25, -0.2) is 0 Å². The molecule has 2 heterocycles. The number of carbonyl (C=O) groups is 2. The molecule has 0 unspecified atom stereocenters. The van der Waals surface area contributed by atoms with Crippen LogP contribution < -0.4 is 4.90 Å². The monoisotopic (exact) mass is 371 g/mol. The number of aromatic nitrogens is 2. The number of benzene rings is 1. The van der Waals surface area contributed by atoms with Gasteiger partial charge in [0.15, 0.2) is 10.1 Å². The van der Waals surface area contributed by atoms with Gasteiger partial charge in [-0.05, 0) is 24.7 Å². The first-order valence-corrected chi connectivity index (χ1v) is 10.2. The number of hydrogen-bond donors (Lipinski definition) is 0. The number of amides is 1. The van der Waals surface area contributed by atoms with Gasteiger partial charge in [-0.15, -0.1) is 10.2 Å². The predicted octanol–water partition coefficient (Wildman–Crippen LogP) is 3.79. The van der Waals surface area contributed by atoms with Crippen LogP contribution >= 0.6 is 23.1 Å². The highest BCUT2D eigenvalue weighted by atomic mass is 32.2. The summed E-state index contributed by atoms with van der Waals surface area (Å²) in [4.78, 5) is 27.3. The molecule has 1 amide bonds. The smallest absolute Gasteiger partial charge is 0.234 e. The molecule has 0 radical (unpaired) electrons. The number of allylic oxidation sites excluding steroid dienone is 2. The molecule has 7 heteroatoms. The zero-order valence-corrected chi connectivity index (χ0v) is 15.4. The van der Waals surface area contributed by atoms with Crippen LogP contribution in [-0.2, 0) is 9.59 Å². The molecule has 0 N–H and O–H groups in total. The molecule has 2 aromatic rings. The average Bonchev–Trinajstić information content (AvgIpc) is 3.10. The fourth-order valence-electron chi connectivity index (χ4n) is 3.56. The Bertz CT molecular complexity index is 860. The lowest BCUT2D eigenvalue weighted by Gasteiger charge is -2.36. The van der Waals surface area contributed by atoms with E-state index in [4.69, 9.17) is 0 Å². The van der Waals surface area contributed by atoms with E-state index in [-0.39, 0.29) is 17.6 Å². The van der Waals surface area contributed by atoms with Gasteiger partial charge >= 0.3 is 0 Å². The summed E-state index contributed by atoms with van der Waals surface area (Å²) < 4.78 is 0.817. The van der Waals surface area contributed by atoms with Crippen molar-refractivity contribution in [3.05, 3.63) is 47.2 Å². The maximum absolute atomic E-state index is 13.0. The first-order chi connectivity index (χ1) is 12.2. The van der Waals surface area contributed by atoms with Crippen molar-refractivity contribution >= 4 is 39.9 Å². The zero-order chi connectivity index (χ0) is 17.4. The molecule has 1 aromatic carbocycles. The normalized spacial score (nSPS) is 20.8. The van der Waals surface area contributed by atoms with E-state index in [2.05, 4.69) is 10.2 Å². The van der Waals surface area contributed by atoms with Crippen LogP contribution in [0.5, 0.6) is 0 Å². The van der Waals surface area contributed by atoms with Gasteiger partial charge in [0.05, 0.1) is 0 Å². The number of anilines is 1. The molecule has 0 saturated heterocycles. The second kappa shape index (κ2) is 6.72. The minimum absolute atomic E-state index is 0.00824. The highest BCUT2D eigenvalue weighted by Crippen LogP contribution is 2.44. The van der Waals surface area contributed by atoms with E-state index < -0.39 is 0 Å². The molecule has 1 aromatic heterocycles. The van der Waals surface area contributed by atoms with Crippen LogP contribution in [0, 0.1) is 0 Å². The summed E-state index contributed by atoms with van der Waals surface area (Å²) >= 11 is 2.90. The van der Waals surface area contributed by atoms with Crippen molar-refractivity contribution in [3.63, 3.8) is 0 Å². The van der Waals surface area contributed by atoms with Gasteiger partial charge in [-0.3, -0.25) is 14.5 Å². The Balaban J connectivity index is 1.84. The van der Waals surface area contributed by atoms with E-state index >= 15 is 0 Å². The molecule has 0 fully saturated rings. The van der Waals surface area contributed by atoms with Crippen LogP contribution in [-0.4, -0.2) is 28.1 Å². The Morgan fingerprint density at radius 1 is 1.16 bits per heavy atom. The van der Waals surface area contributed by atoms with Gasteiger partial charge in [0.1, 0.15) is 0 Å². The number of hydrogen-bond acceptors (Lipinski definition) is 6. The summed E-state index contributed by atoms with van der Waals surface area (Å²) in [5.74, 6) is -0.00555. The number of nitrogens with zero attached hydrogens (tertiary/aromatic N) is 3. The fraction of sp³-hybridized carbons (Fsp3) is 0.333. The third-order valence-electron chi connectivity index (χ3n) is 4.64. The minimum Gasteiger partial charge on any atom is -0.294 e. The van der Waals surface area contributed by atoms with Gasteiger partial charge in [-0.2, -0.15) is 0 Å². The quantitative estimate of drug-likeness (QED) is 0.607. The van der Waals surface area contributed by atoms with E-state index in [0.29, 0.717) is 18.0 Å². The molecular weight excluding hydrogens is 354 g/mol. The summed E-state index contributed by atoms with van der Waals surface area (Å²) in [6, 6.07) is 9.85. The number of ketones is 1. The highest BCUT2D eigenvalue weighted by Gasteiger charge is 2.40. The van der Waals surface area contributed by atoms with Crippen LogP contribution in [0.15, 0.2) is 45.9 Å². The molecular formula is C18H17N3O2S2. The Hall–Kier alpha value is -1.99. The number of Topliss-reactive ketones (excluding diaryl/α,β-unsaturated/α-hetero) is 1. The van der Waals surface area contributed by atoms with E-state index in [1.54, 1.807) is 4.90 Å². The van der Waals surface area contributed by atoms with Crippen molar-refractivity contribution < 1.29 is 9.59 Å². The van der Waals surface area contributed by atoms with Crippen molar-refractivity contribution in [1.82, 2.24) is 10.2 Å². The van der Waals surface area contributed by atoms with E-state index in [0.717, 1.165) is 34.0 Å². The molecule has 5 nitrogen and oxygen atoms in total. The summed E-state index contributed by atoms with van der Waals surface area (Å²) in [5.41, 5.74) is 2.64. The summed E-state index contributed by atoms with van der Waals surface area (Å²) in [6.07, 6.45) is 4.28. The summed E-state index contributed by atoms with van der Waals surface area (Å²) in [5, 5.41) is 8.86. The third-order valence-corrected chi connectivity index (χ3v) is 6.52. The largest absolute Gasteiger partial charge is 0.294 e. The number of thioether (sulfide) groups is 1. The zero-order valence-electron chi connectivity index (χ0n) is 13.8. The predicted molar refractivity (Wildman–Crippen MR) is 98.9 cm³/mol. The molecule has 1 aliphatic heterocycles. The minimum atomic E-state index is -0.152. The standard InChI is InChI=1S/C18H17N3O2S2/c1-24-18-20-19-17(25-18)21-13-8-5-9-14(22)16(13)12(10-15(21)23)11-6-3-2-4-7-11/h2-4,6-7,12H,5,8-10H2,1H3/t12-/m0/s1. The van der Waals surface area contributed by atoms with Crippen molar-refractivity contribution in [2.75, 3.05) is 11.2 Å². The van der Waals surface area contributed by atoms with Crippen molar-refractivity contribution in [3.8, 4) is 0 Å². The molecule has 25 heavy (non-hydrogen) atoms. The van der Waals surface area contributed by atoms with Gasteiger partial charge in [0.25, 0.3) is 0 Å². The molecule has 0 spiro atoms. The second-order valence-corrected chi connectivity index (χ2v) is 8.10. The first kappa shape index (κ1) is 16.5. The lowest BCUT2D eigenvalue weighted by atomic mass is 9.77. The van der Waals surface area contributed by atoms with Crippen molar-refractivity contribution in [2.45, 2.75) is 35.9 Å². The number of rotatable bonds is 3. The SMILES string of the molecule is CSc1nnc(N2C(=O)C[C@@H](c3ccccc3)C3=C2CCCC3=O)s1. The summed E-state index contributed by atoms with van der Waals surface area (Å²) in [7, 11) is 0. The maximum atomic E-state index is 13.0. The molecule has 128 valence electrons. The van der Waals surface area contributed by atoms with Crippen LogP contribution in [0.2, 0.25) is 0 Å². The topological polar surface area (TPSA) is 63.2 Å². The molecule has 0 saturated carbocycles. The van der Waals surface area contributed by atoms with Crippen LogP contribution in [0.1, 0.15) is 37.2 Å². The Morgan fingerprint density at radius 2 is 1.96 bits per heavy atom. The Morgan fingerprint density at radius 3 is 2.68 bits per heavy atom. The van der Waals surface area contributed by atoms with Crippen molar-refractivity contribution in [2.24, 2.45) is 0 Å². The van der Waals surface area contributed by atoms with E-state index in [1.165, 1.54) is 23.1 Å². The second-order valence-electron chi connectivity index (χ2n) is 6.09. The first-order valence-electron chi connectivity index (χ1n) is 8.20. The van der Waals surface area contributed by atoms with Gasteiger partial charge in [0.2, 0.25) is 11.0 Å². The molecule has 2 aliphatic rings. The van der Waals surface area contributed by atoms with E-state index in [1.807, 2.05) is 36.6 Å². The van der Waals surface area contributed by atoms with Crippen LogP contribution in [0.4, 0.5) is 5.13 Å². The lowest BCUT2D eigenvalue weighted by Crippen LogP contribution is -2.40. The molecule has 4 rings (SSSR count). The average molecular weight is 371 g/mol. The van der Waals surface area contributed by atoms with Gasteiger partial charge in [0, 0.05) is 30.0 Å². The van der Waals surface area contributed by atoms with Gasteiger partial charge < -0.3 is 0 Å². The Labute approximate surface area is 154 Å². The molecule has 1 aliphatic carbocycles. The molecule has 1 atom stereocenters.